The van der Waals surface area contributed by atoms with Gasteiger partial charge in [-0.2, -0.15) is 13.2 Å². The van der Waals surface area contributed by atoms with Gasteiger partial charge in [0.2, 0.25) is 11.8 Å². The summed E-state index contributed by atoms with van der Waals surface area (Å²) in [4.78, 5) is 37.3. The van der Waals surface area contributed by atoms with Crippen molar-refractivity contribution in [2.45, 2.75) is 32.9 Å². The molecule has 144 valence electrons. The molecule has 1 saturated heterocycles. The topological polar surface area (TPSA) is 75.3 Å². The summed E-state index contributed by atoms with van der Waals surface area (Å²) in [5.74, 6) is -3.32. The van der Waals surface area contributed by atoms with Gasteiger partial charge in [-0.15, -0.1) is 0 Å². The highest BCUT2D eigenvalue weighted by atomic mass is 19.4. The summed E-state index contributed by atoms with van der Waals surface area (Å²) < 4.78 is 39.4. The molecule has 1 aromatic rings. The van der Waals surface area contributed by atoms with Crippen molar-refractivity contribution >= 4 is 23.3 Å². The van der Waals surface area contributed by atoms with Gasteiger partial charge in [0.05, 0.1) is 23.1 Å². The summed E-state index contributed by atoms with van der Waals surface area (Å²) in [5.41, 5.74) is -1.48. The molecule has 1 aliphatic carbocycles. The molecule has 8 heteroatoms. The number of halogens is 3. The van der Waals surface area contributed by atoms with Crippen LogP contribution in [0.4, 0.5) is 18.9 Å². The van der Waals surface area contributed by atoms with Gasteiger partial charge in [0.25, 0.3) is 0 Å². The lowest BCUT2D eigenvalue weighted by molar-refractivity contribution is -0.138. The number of benzene rings is 1. The largest absolute Gasteiger partial charge is 0.418 e. The third-order valence-electron chi connectivity index (χ3n) is 4.78. The van der Waals surface area contributed by atoms with Crippen LogP contribution < -0.4 is 10.6 Å². The van der Waals surface area contributed by atoms with Crippen molar-refractivity contribution in [1.82, 2.24) is 5.32 Å². The second-order valence-electron chi connectivity index (χ2n) is 7.60. The van der Waals surface area contributed by atoms with E-state index in [0.29, 0.717) is 5.70 Å². The molecule has 27 heavy (non-hydrogen) atoms. The molecule has 1 fully saturated rings. The van der Waals surface area contributed by atoms with E-state index in [4.69, 9.17) is 0 Å². The Balaban J connectivity index is 1.91. The van der Waals surface area contributed by atoms with E-state index in [0.717, 1.165) is 12.1 Å². The summed E-state index contributed by atoms with van der Waals surface area (Å²) in [6, 6.07) is 4.60. The quantitative estimate of drug-likeness (QED) is 0.827. The minimum absolute atomic E-state index is 0.194. The van der Waals surface area contributed by atoms with E-state index in [-0.39, 0.29) is 18.6 Å². The minimum Gasteiger partial charge on any atom is -0.329 e. The molecule has 2 aliphatic rings. The number of carbonyl (C=O) groups excluding carboxylic acids is 3. The lowest BCUT2D eigenvalue weighted by Crippen LogP contribution is -2.49. The molecule has 1 aromatic carbocycles. The summed E-state index contributed by atoms with van der Waals surface area (Å²) >= 11 is 0. The number of hydrogen-bond donors (Lipinski definition) is 2. The van der Waals surface area contributed by atoms with E-state index in [1.54, 1.807) is 6.08 Å². The van der Waals surface area contributed by atoms with Crippen molar-refractivity contribution < 1.29 is 27.6 Å². The third kappa shape index (κ3) is 3.89. The van der Waals surface area contributed by atoms with Crippen LogP contribution in [-0.4, -0.2) is 17.6 Å². The van der Waals surface area contributed by atoms with Gasteiger partial charge in [0.1, 0.15) is 5.78 Å². The Hall–Kier alpha value is -2.64. The molecule has 1 heterocycles. The zero-order chi connectivity index (χ0) is 20.0. The Morgan fingerprint density at radius 1 is 1.22 bits per heavy atom. The third-order valence-corrected chi connectivity index (χ3v) is 4.78. The molecule has 3 rings (SSSR count). The maximum absolute atomic E-state index is 13.1. The second kappa shape index (κ2) is 6.51. The normalized spacial score (nSPS) is 24.6. The van der Waals surface area contributed by atoms with Crippen LogP contribution in [0.15, 0.2) is 36.0 Å². The van der Waals surface area contributed by atoms with E-state index in [1.807, 2.05) is 13.8 Å². The fourth-order valence-corrected chi connectivity index (χ4v) is 3.69. The van der Waals surface area contributed by atoms with Gasteiger partial charge >= 0.3 is 6.18 Å². The first-order chi connectivity index (χ1) is 12.5. The molecule has 2 N–H and O–H groups in total. The average molecular weight is 380 g/mol. The van der Waals surface area contributed by atoms with Gasteiger partial charge in [0.15, 0.2) is 0 Å². The first kappa shape index (κ1) is 19.1. The number of nitrogens with one attached hydrogen (secondary N) is 2. The molecule has 0 spiro atoms. The van der Waals surface area contributed by atoms with E-state index in [9.17, 15) is 27.6 Å². The molecule has 5 nitrogen and oxygen atoms in total. The number of fused-ring (bicyclic) bond motifs is 1. The van der Waals surface area contributed by atoms with Crippen LogP contribution in [0.2, 0.25) is 0 Å². The Morgan fingerprint density at radius 3 is 2.56 bits per heavy atom. The van der Waals surface area contributed by atoms with Crippen molar-refractivity contribution in [1.29, 1.82) is 0 Å². The van der Waals surface area contributed by atoms with E-state index in [2.05, 4.69) is 10.6 Å². The van der Waals surface area contributed by atoms with E-state index < -0.39 is 46.5 Å². The summed E-state index contributed by atoms with van der Waals surface area (Å²) in [5, 5.41) is 4.89. The lowest BCUT2D eigenvalue weighted by atomic mass is 9.69. The Morgan fingerprint density at radius 2 is 1.89 bits per heavy atom. The van der Waals surface area contributed by atoms with Crippen LogP contribution in [0.3, 0.4) is 0 Å². The second-order valence-corrected chi connectivity index (χ2v) is 7.60. The molecule has 0 saturated carbocycles. The van der Waals surface area contributed by atoms with Crippen LogP contribution >= 0.6 is 0 Å². The highest BCUT2D eigenvalue weighted by Gasteiger charge is 2.46. The van der Waals surface area contributed by atoms with Crippen molar-refractivity contribution in [3.63, 3.8) is 0 Å². The van der Waals surface area contributed by atoms with Gasteiger partial charge in [-0.25, -0.2) is 0 Å². The molecule has 0 radical (unpaired) electrons. The number of piperidine rings is 1. The van der Waals surface area contributed by atoms with E-state index in [1.165, 1.54) is 12.1 Å². The number of Topliss-reactive ketones (excluding diaryl/α,β-unsaturated/α-hetero) is 1. The average Bonchev–Trinajstić information content (AvgIpc) is 2.51. The number of allylic oxidation sites excluding steroid dienone is 2. The Labute approximate surface area is 154 Å². The van der Waals surface area contributed by atoms with Gasteiger partial charge in [-0.05, 0) is 17.5 Å². The summed E-state index contributed by atoms with van der Waals surface area (Å²) in [6.07, 6.45) is -2.95. The van der Waals surface area contributed by atoms with Crippen molar-refractivity contribution in [2.75, 3.05) is 5.32 Å². The molecule has 0 unspecified atom stereocenters. The molecular formula is C19H19F3N2O3. The molecule has 0 aromatic heterocycles. The van der Waals surface area contributed by atoms with Crippen molar-refractivity contribution in [3.8, 4) is 0 Å². The van der Waals surface area contributed by atoms with Gasteiger partial charge in [0, 0.05) is 18.5 Å². The first-order valence-corrected chi connectivity index (χ1v) is 8.50. The monoisotopic (exact) mass is 380 g/mol. The molecule has 2 amide bonds. The molecular weight excluding hydrogens is 361 g/mol. The van der Waals surface area contributed by atoms with Crippen molar-refractivity contribution in [2.24, 2.45) is 17.3 Å². The number of ketones is 1. The number of anilines is 1. The predicted molar refractivity (Wildman–Crippen MR) is 91.3 cm³/mol. The maximum Gasteiger partial charge on any atom is 0.418 e. The van der Waals surface area contributed by atoms with Gasteiger partial charge in [-0.3, -0.25) is 14.4 Å². The lowest BCUT2D eigenvalue weighted by Gasteiger charge is -2.38. The highest BCUT2D eigenvalue weighted by Crippen LogP contribution is 2.41. The zero-order valence-electron chi connectivity index (χ0n) is 14.8. The first-order valence-electron chi connectivity index (χ1n) is 8.50. The fourth-order valence-electron chi connectivity index (χ4n) is 3.69. The number of para-hydroxylation sites is 1. The van der Waals surface area contributed by atoms with E-state index >= 15 is 0 Å². The number of amides is 2. The predicted octanol–water partition coefficient (Wildman–Crippen LogP) is 3.28. The Kier molecular flexibility index (Phi) is 4.61. The maximum atomic E-state index is 13.1. The number of hydrogen-bond acceptors (Lipinski definition) is 3. The SMILES string of the molecule is CC1(C)C=C2NC(=O)C[C@@H](C(=O)Nc3ccccc3C(F)(F)F)[C@H]2C(=O)C1. The van der Waals surface area contributed by atoms with Crippen LogP contribution in [0, 0.1) is 17.3 Å². The van der Waals surface area contributed by atoms with Gasteiger partial charge in [-0.1, -0.05) is 32.1 Å². The van der Waals surface area contributed by atoms with Crippen molar-refractivity contribution in [3.05, 3.63) is 41.6 Å². The molecule has 1 aliphatic heterocycles. The fraction of sp³-hybridized carbons (Fsp3) is 0.421. The zero-order valence-corrected chi connectivity index (χ0v) is 14.8. The number of carbonyl (C=O) groups is 3. The summed E-state index contributed by atoms with van der Waals surface area (Å²) in [7, 11) is 0. The smallest absolute Gasteiger partial charge is 0.329 e. The number of alkyl halides is 3. The standard InChI is InChI=1S/C19H19F3N2O3/c1-18(2)8-13-16(14(25)9-18)10(7-15(26)23-13)17(27)24-12-6-4-3-5-11(12)19(20,21)22/h3-6,8,10,16H,7,9H2,1-2H3,(H,23,26)(H,24,27)/t10-,16-/m1/s1. The summed E-state index contributed by atoms with van der Waals surface area (Å²) in [6.45, 7) is 3.67. The Bertz CT molecular complexity index is 843. The van der Waals surface area contributed by atoms with Crippen LogP contribution in [0.5, 0.6) is 0 Å². The molecule has 2 atom stereocenters. The van der Waals surface area contributed by atoms with Crippen LogP contribution in [-0.2, 0) is 20.6 Å². The highest BCUT2D eigenvalue weighted by molar-refractivity contribution is 6.02. The number of rotatable bonds is 2. The minimum atomic E-state index is -4.64. The van der Waals surface area contributed by atoms with Crippen LogP contribution in [0.1, 0.15) is 32.3 Å². The van der Waals surface area contributed by atoms with Crippen LogP contribution in [0.25, 0.3) is 0 Å². The van der Waals surface area contributed by atoms with Gasteiger partial charge < -0.3 is 10.6 Å². The molecule has 0 bridgehead atoms.